The first kappa shape index (κ1) is 18.9. The number of hydrogen-bond acceptors (Lipinski definition) is 11. The van der Waals surface area contributed by atoms with Gasteiger partial charge in [0.05, 0.1) is 13.2 Å². The highest BCUT2D eigenvalue weighted by atomic mass is 16.7. The Bertz CT molecular complexity index is 378. The number of ether oxygens (including phenoxy) is 3. The summed E-state index contributed by atoms with van der Waals surface area (Å²) in [7, 11) is 0. The van der Waals surface area contributed by atoms with Gasteiger partial charge >= 0.3 is 0 Å². The third-order valence-electron chi connectivity index (χ3n) is 3.98. The monoisotopic (exact) mass is 342 g/mol. The largest absolute Gasteiger partial charge is 0.394 e. The van der Waals surface area contributed by atoms with Crippen LogP contribution in [0.3, 0.4) is 0 Å². The highest BCUT2D eigenvalue weighted by Gasteiger charge is 2.50. The molecule has 5 unspecified atom stereocenters. The van der Waals surface area contributed by atoms with Gasteiger partial charge in [-0.2, -0.15) is 0 Å². The van der Waals surface area contributed by atoms with Crippen molar-refractivity contribution in [3.05, 3.63) is 0 Å². The van der Waals surface area contributed by atoms with E-state index < -0.39 is 74.6 Å². The topological polar surface area (TPSA) is 190 Å². The quantitative estimate of drug-likeness (QED) is 0.243. The molecule has 23 heavy (non-hydrogen) atoms. The van der Waals surface area contributed by atoms with Crippen molar-refractivity contribution in [1.82, 2.24) is 0 Å². The molecule has 2 rings (SSSR count). The van der Waals surface area contributed by atoms with Crippen molar-refractivity contribution in [3.8, 4) is 0 Å². The maximum atomic E-state index is 9.94. The molecule has 2 fully saturated rings. The van der Waals surface area contributed by atoms with Crippen molar-refractivity contribution >= 4 is 0 Å². The Balaban J connectivity index is 2.11. The van der Waals surface area contributed by atoms with Gasteiger partial charge in [0.1, 0.15) is 48.8 Å². The normalized spacial score (nSPS) is 51.7. The molecule has 8 N–H and O–H groups in total. The van der Waals surface area contributed by atoms with Gasteiger partial charge < -0.3 is 55.1 Å². The van der Waals surface area contributed by atoms with E-state index in [4.69, 9.17) is 19.3 Å². The predicted molar refractivity (Wildman–Crippen MR) is 68.6 cm³/mol. The summed E-state index contributed by atoms with van der Waals surface area (Å²) in [6, 6.07) is 0. The number of hydrogen-bond donors (Lipinski definition) is 8. The van der Waals surface area contributed by atoms with E-state index in [1.54, 1.807) is 0 Å². The molecule has 2 aliphatic heterocycles. The lowest BCUT2D eigenvalue weighted by Crippen LogP contribution is -2.64. The van der Waals surface area contributed by atoms with Crippen LogP contribution < -0.4 is 0 Å². The van der Waals surface area contributed by atoms with Crippen molar-refractivity contribution in [2.75, 3.05) is 13.2 Å². The first-order valence-electron chi connectivity index (χ1n) is 7.08. The van der Waals surface area contributed by atoms with E-state index >= 15 is 0 Å². The van der Waals surface area contributed by atoms with E-state index in [0.717, 1.165) is 0 Å². The average molecular weight is 342 g/mol. The van der Waals surface area contributed by atoms with Crippen LogP contribution in [0.15, 0.2) is 0 Å². The summed E-state index contributed by atoms with van der Waals surface area (Å²) in [5, 5.41) is 76.5. The highest BCUT2D eigenvalue weighted by Crippen LogP contribution is 2.28. The molecule has 2 saturated heterocycles. The van der Waals surface area contributed by atoms with E-state index in [9.17, 15) is 35.7 Å². The third kappa shape index (κ3) is 3.65. The van der Waals surface area contributed by atoms with Gasteiger partial charge in [-0.15, -0.1) is 0 Å². The van der Waals surface area contributed by atoms with Gasteiger partial charge in [0.2, 0.25) is 0 Å². The van der Waals surface area contributed by atoms with Gasteiger partial charge in [-0.05, 0) is 0 Å². The summed E-state index contributed by atoms with van der Waals surface area (Å²) in [5.41, 5.74) is 0. The van der Waals surface area contributed by atoms with Crippen molar-refractivity contribution in [2.45, 2.75) is 61.4 Å². The number of aliphatic hydroxyl groups excluding tert-OH is 8. The van der Waals surface area contributed by atoms with Crippen LogP contribution in [0.25, 0.3) is 0 Å². The lowest BCUT2D eigenvalue weighted by molar-refractivity contribution is -0.355. The molecular formula is C12H22O11. The van der Waals surface area contributed by atoms with Crippen LogP contribution in [0.5, 0.6) is 0 Å². The minimum absolute atomic E-state index is 0.667. The number of rotatable bonds is 4. The Morgan fingerprint density at radius 3 is 1.83 bits per heavy atom. The summed E-state index contributed by atoms with van der Waals surface area (Å²) < 4.78 is 15.3. The first-order chi connectivity index (χ1) is 10.8. The minimum Gasteiger partial charge on any atom is -0.394 e. The van der Waals surface area contributed by atoms with Crippen LogP contribution in [0.1, 0.15) is 0 Å². The van der Waals surface area contributed by atoms with E-state index in [1.165, 1.54) is 0 Å². The van der Waals surface area contributed by atoms with Crippen molar-refractivity contribution in [1.29, 1.82) is 0 Å². The van der Waals surface area contributed by atoms with E-state index in [1.807, 2.05) is 0 Å². The maximum Gasteiger partial charge on any atom is 0.187 e. The average Bonchev–Trinajstić information content (AvgIpc) is 2.55. The number of aliphatic hydroxyl groups is 8. The zero-order valence-corrected chi connectivity index (χ0v) is 12.0. The molecule has 0 aromatic heterocycles. The second-order valence-electron chi connectivity index (χ2n) is 5.53. The van der Waals surface area contributed by atoms with Gasteiger partial charge in [-0.1, -0.05) is 0 Å². The standard InChI is InChI=1S/C12H22O11/c13-1-3-5(15)6(16)9(19)12(22-3)23-10-4(2-14)21-11(20)8(18)7(10)17/h3-20H,1-2H2/t3-,4?,5+,6+,7?,8-,9?,10+,11?,12?/m1/s1. The van der Waals surface area contributed by atoms with Gasteiger partial charge in [0.15, 0.2) is 12.6 Å². The molecule has 0 aromatic carbocycles. The SMILES string of the molecule is OCC1OC(O)[C@H](O)C(O)[C@H]1OC1O[C@H](CO)[C@H](O)[C@H](O)C1O. The fraction of sp³-hybridized carbons (Fsp3) is 1.00. The van der Waals surface area contributed by atoms with Gasteiger partial charge in [-0.3, -0.25) is 0 Å². The molecule has 10 atom stereocenters. The first-order valence-corrected chi connectivity index (χ1v) is 7.08. The zero-order chi connectivity index (χ0) is 17.3. The fourth-order valence-electron chi connectivity index (χ4n) is 2.57. The second-order valence-corrected chi connectivity index (χ2v) is 5.53. The maximum absolute atomic E-state index is 9.94. The Labute approximate surface area is 130 Å². The Hall–Kier alpha value is -0.440. The Morgan fingerprint density at radius 1 is 0.652 bits per heavy atom. The minimum atomic E-state index is -1.74. The molecule has 136 valence electrons. The van der Waals surface area contributed by atoms with Crippen LogP contribution >= 0.6 is 0 Å². The molecule has 0 aliphatic carbocycles. The summed E-state index contributed by atoms with van der Waals surface area (Å²) in [5.74, 6) is 0. The molecule has 11 nitrogen and oxygen atoms in total. The van der Waals surface area contributed by atoms with E-state index in [2.05, 4.69) is 0 Å². The van der Waals surface area contributed by atoms with Gasteiger partial charge in [-0.25, -0.2) is 0 Å². The molecule has 0 spiro atoms. The summed E-state index contributed by atoms with van der Waals surface area (Å²) >= 11 is 0. The molecule has 0 aromatic rings. The molecular weight excluding hydrogens is 320 g/mol. The molecule has 2 aliphatic rings. The van der Waals surface area contributed by atoms with Crippen molar-refractivity contribution in [3.63, 3.8) is 0 Å². The molecule has 11 heteroatoms. The fourth-order valence-corrected chi connectivity index (χ4v) is 2.57. The highest BCUT2D eigenvalue weighted by molar-refractivity contribution is 4.93. The molecule has 0 saturated carbocycles. The molecule has 2 heterocycles. The van der Waals surface area contributed by atoms with Crippen LogP contribution in [-0.2, 0) is 14.2 Å². The van der Waals surface area contributed by atoms with E-state index in [-0.39, 0.29) is 0 Å². The van der Waals surface area contributed by atoms with Gasteiger partial charge in [0.25, 0.3) is 0 Å². The van der Waals surface area contributed by atoms with E-state index in [0.29, 0.717) is 0 Å². The lowest BCUT2D eigenvalue weighted by Gasteiger charge is -2.45. The summed E-state index contributed by atoms with van der Waals surface area (Å²) in [6.07, 6.45) is -15.6. The summed E-state index contributed by atoms with van der Waals surface area (Å²) in [6.45, 7) is -1.35. The van der Waals surface area contributed by atoms with Crippen LogP contribution in [-0.4, -0.2) is 115 Å². The van der Waals surface area contributed by atoms with Crippen LogP contribution in [0.4, 0.5) is 0 Å². The Kier molecular flexibility index (Phi) is 6.27. The predicted octanol–water partition coefficient (Wildman–Crippen LogP) is -5.40. The molecule has 0 amide bonds. The smallest absolute Gasteiger partial charge is 0.187 e. The van der Waals surface area contributed by atoms with Crippen molar-refractivity contribution < 1.29 is 55.1 Å². The lowest BCUT2D eigenvalue weighted by atomic mass is 9.97. The molecule has 0 bridgehead atoms. The van der Waals surface area contributed by atoms with Crippen LogP contribution in [0.2, 0.25) is 0 Å². The summed E-state index contributed by atoms with van der Waals surface area (Å²) in [4.78, 5) is 0. The molecule has 0 radical (unpaired) electrons. The van der Waals surface area contributed by atoms with Crippen LogP contribution in [0, 0.1) is 0 Å². The van der Waals surface area contributed by atoms with Gasteiger partial charge in [0, 0.05) is 0 Å². The van der Waals surface area contributed by atoms with Crippen molar-refractivity contribution in [2.24, 2.45) is 0 Å². The third-order valence-corrected chi connectivity index (χ3v) is 3.98. The second kappa shape index (κ2) is 7.63. The zero-order valence-electron chi connectivity index (χ0n) is 12.0. The Morgan fingerprint density at radius 2 is 1.26 bits per heavy atom.